The van der Waals surface area contributed by atoms with Gasteiger partial charge in [-0.25, -0.2) is 0 Å². The molecule has 0 aliphatic rings. The van der Waals surface area contributed by atoms with E-state index in [1.165, 1.54) is 13.3 Å². The maximum absolute atomic E-state index is 12.1. The SMILES string of the molecule is CCNC(=O)C(=O)c1c[nH]c2c(Br)ccc(OC)c12. The van der Waals surface area contributed by atoms with E-state index < -0.39 is 11.7 Å². The number of methoxy groups -OCH3 is 1. The summed E-state index contributed by atoms with van der Waals surface area (Å²) in [6.07, 6.45) is 1.52. The van der Waals surface area contributed by atoms with Gasteiger partial charge in [-0.15, -0.1) is 0 Å². The van der Waals surface area contributed by atoms with Crippen LogP contribution in [0.15, 0.2) is 22.8 Å². The summed E-state index contributed by atoms with van der Waals surface area (Å²) in [5.74, 6) is -0.651. The molecule has 1 heterocycles. The molecular weight excluding hydrogens is 312 g/mol. The van der Waals surface area contributed by atoms with Crippen LogP contribution in [0, 0.1) is 0 Å². The Kier molecular flexibility index (Phi) is 3.90. The zero-order valence-electron chi connectivity index (χ0n) is 10.5. The normalized spacial score (nSPS) is 10.5. The monoisotopic (exact) mass is 324 g/mol. The number of likely N-dealkylation sites (N-methyl/N-ethyl adjacent to an activating group) is 1. The Morgan fingerprint density at radius 1 is 1.42 bits per heavy atom. The number of Topliss-reactive ketones (excluding diaryl/α,β-unsaturated/α-hetero) is 1. The lowest BCUT2D eigenvalue weighted by Crippen LogP contribution is -2.30. The summed E-state index contributed by atoms with van der Waals surface area (Å²) in [4.78, 5) is 26.7. The largest absolute Gasteiger partial charge is 0.496 e. The number of carbonyl (C=O) groups excluding carboxylic acids is 2. The van der Waals surface area contributed by atoms with Gasteiger partial charge in [0.05, 0.1) is 23.6 Å². The van der Waals surface area contributed by atoms with Crippen molar-refractivity contribution in [1.29, 1.82) is 0 Å². The van der Waals surface area contributed by atoms with Gasteiger partial charge in [-0.1, -0.05) is 0 Å². The van der Waals surface area contributed by atoms with Gasteiger partial charge >= 0.3 is 0 Å². The number of H-pyrrole nitrogens is 1. The van der Waals surface area contributed by atoms with E-state index in [1.807, 2.05) is 6.07 Å². The van der Waals surface area contributed by atoms with Crippen LogP contribution < -0.4 is 10.1 Å². The minimum Gasteiger partial charge on any atom is -0.496 e. The van der Waals surface area contributed by atoms with Gasteiger partial charge in [0.2, 0.25) is 0 Å². The molecular formula is C13H13BrN2O3. The maximum Gasteiger partial charge on any atom is 0.292 e. The number of nitrogens with one attached hydrogen (secondary N) is 2. The predicted octanol–water partition coefficient (Wildman–Crippen LogP) is 2.26. The van der Waals surface area contributed by atoms with E-state index in [1.54, 1.807) is 13.0 Å². The average Bonchev–Trinajstić information content (AvgIpc) is 2.84. The van der Waals surface area contributed by atoms with Crippen LogP contribution in [0.3, 0.4) is 0 Å². The Morgan fingerprint density at radius 3 is 2.79 bits per heavy atom. The number of hydrogen-bond acceptors (Lipinski definition) is 3. The smallest absolute Gasteiger partial charge is 0.292 e. The zero-order chi connectivity index (χ0) is 14.0. The highest BCUT2D eigenvalue weighted by Crippen LogP contribution is 2.33. The van der Waals surface area contributed by atoms with Crippen molar-refractivity contribution in [3.05, 3.63) is 28.4 Å². The second-order valence-electron chi connectivity index (χ2n) is 3.89. The third-order valence-corrected chi connectivity index (χ3v) is 3.42. The van der Waals surface area contributed by atoms with E-state index in [0.717, 1.165) is 9.99 Å². The summed E-state index contributed by atoms with van der Waals surface area (Å²) in [7, 11) is 1.52. The van der Waals surface area contributed by atoms with Crippen molar-refractivity contribution in [2.75, 3.05) is 13.7 Å². The summed E-state index contributed by atoms with van der Waals surface area (Å²) in [6.45, 7) is 2.17. The number of ketones is 1. The van der Waals surface area contributed by atoms with Gasteiger partial charge in [0, 0.05) is 17.2 Å². The molecule has 1 aromatic heterocycles. The highest BCUT2D eigenvalue weighted by molar-refractivity contribution is 9.10. The molecule has 0 saturated heterocycles. The van der Waals surface area contributed by atoms with Gasteiger partial charge in [-0.3, -0.25) is 9.59 Å². The van der Waals surface area contributed by atoms with Gasteiger partial charge in [0.25, 0.3) is 11.7 Å². The summed E-state index contributed by atoms with van der Waals surface area (Å²) >= 11 is 3.39. The molecule has 5 nitrogen and oxygen atoms in total. The van der Waals surface area contributed by atoms with Crippen LogP contribution in [0.2, 0.25) is 0 Å². The quantitative estimate of drug-likeness (QED) is 0.669. The lowest BCUT2D eigenvalue weighted by Gasteiger charge is -2.05. The van der Waals surface area contributed by atoms with Crippen LogP contribution in [0.25, 0.3) is 10.9 Å². The minimum atomic E-state index is -0.620. The van der Waals surface area contributed by atoms with Gasteiger partial charge in [0.1, 0.15) is 5.75 Å². The second kappa shape index (κ2) is 5.44. The fourth-order valence-electron chi connectivity index (χ4n) is 1.90. The molecule has 1 aromatic carbocycles. The summed E-state index contributed by atoms with van der Waals surface area (Å²) in [6, 6.07) is 3.56. The molecule has 1 amide bonds. The number of aromatic nitrogens is 1. The molecule has 0 aliphatic carbocycles. The first-order chi connectivity index (χ1) is 9.10. The molecule has 0 saturated carbocycles. The van der Waals surface area contributed by atoms with Crippen LogP contribution in [0.5, 0.6) is 5.75 Å². The van der Waals surface area contributed by atoms with Crippen molar-refractivity contribution < 1.29 is 14.3 Å². The Bertz CT molecular complexity index is 649. The fourth-order valence-corrected chi connectivity index (χ4v) is 2.34. The summed E-state index contributed by atoms with van der Waals surface area (Å²) < 4.78 is 6.05. The van der Waals surface area contributed by atoms with Crippen LogP contribution >= 0.6 is 15.9 Å². The standard InChI is InChI=1S/C13H13BrN2O3/c1-3-15-13(18)12(17)7-6-16-11-8(14)4-5-9(19-2)10(7)11/h4-6,16H,3H2,1-2H3,(H,15,18). The van der Waals surface area contributed by atoms with Crippen molar-refractivity contribution in [1.82, 2.24) is 10.3 Å². The van der Waals surface area contributed by atoms with Gasteiger partial charge in [0.15, 0.2) is 0 Å². The number of rotatable bonds is 4. The molecule has 0 spiro atoms. The first-order valence-corrected chi connectivity index (χ1v) is 6.55. The molecule has 100 valence electrons. The minimum absolute atomic E-state index is 0.305. The number of halogens is 1. The van der Waals surface area contributed by atoms with Crippen LogP contribution in [-0.2, 0) is 4.79 Å². The highest BCUT2D eigenvalue weighted by atomic mass is 79.9. The Hall–Kier alpha value is -1.82. The molecule has 0 radical (unpaired) electrons. The molecule has 2 rings (SSSR count). The molecule has 0 bridgehead atoms. The predicted molar refractivity (Wildman–Crippen MR) is 75.6 cm³/mol. The van der Waals surface area contributed by atoms with Gasteiger partial charge < -0.3 is 15.0 Å². The number of ether oxygens (including phenoxy) is 1. The number of hydrogen-bond donors (Lipinski definition) is 2. The second-order valence-corrected chi connectivity index (χ2v) is 4.74. The van der Waals surface area contributed by atoms with E-state index in [4.69, 9.17) is 4.74 Å². The number of fused-ring (bicyclic) bond motifs is 1. The average molecular weight is 325 g/mol. The molecule has 0 fully saturated rings. The van der Waals surface area contributed by atoms with Crippen LogP contribution in [0.1, 0.15) is 17.3 Å². The first kappa shape index (κ1) is 13.6. The van der Waals surface area contributed by atoms with E-state index >= 15 is 0 Å². The lowest BCUT2D eigenvalue weighted by atomic mass is 10.1. The Balaban J connectivity index is 2.59. The van der Waals surface area contributed by atoms with Gasteiger partial charge in [-0.05, 0) is 35.0 Å². The Labute approximate surface area is 118 Å². The molecule has 0 aliphatic heterocycles. The van der Waals surface area contributed by atoms with Crippen molar-refractivity contribution in [3.8, 4) is 5.75 Å². The molecule has 6 heteroatoms. The molecule has 0 atom stereocenters. The van der Waals surface area contributed by atoms with Crippen molar-refractivity contribution in [2.45, 2.75) is 6.92 Å². The van der Waals surface area contributed by atoms with Crippen LogP contribution in [-0.4, -0.2) is 30.3 Å². The third-order valence-electron chi connectivity index (χ3n) is 2.75. The molecule has 2 aromatic rings. The Morgan fingerprint density at radius 2 is 2.16 bits per heavy atom. The fraction of sp³-hybridized carbons (Fsp3) is 0.231. The zero-order valence-corrected chi connectivity index (χ0v) is 12.1. The summed E-state index contributed by atoms with van der Waals surface area (Å²) in [5, 5.41) is 3.10. The number of benzene rings is 1. The van der Waals surface area contributed by atoms with Crippen molar-refractivity contribution in [3.63, 3.8) is 0 Å². The lowest BCUT2D eigenvalue weighted by molar-refractivity contribution is -0.116. The molecule has 0 unspecified atom stereocenters. The highest BCUT2D eigenvalue weighted by Gasteiger charge is 2.22. The van der Waals surface area contributed by atoms with Gasteiger partial charge in [-0.2, -0.15) is 0 Å². The maximum atomic E-state index is 12.1. The molecule has 2 N–H and O–H groups in total. The summed E-state index contributed by atoms with van der Waals surface area (Å²) in [5.41, 5.74) is 1.03. The number of aromatic amines is 1. The third kappa shape index (κ3) is 2.35. The number of amides is 1. The van der Waals surface area contributed by atoms with E-state index in [0.29, 0.717) is 23.2 Å². The molecule has 19 heavy (non-hydrogen) atoms. The number of carbonyl (C=O) groups is 2. The first-order valence-electron chi connectivity index (χ1n) is 5.76. The van der Waals surface area contributed by atoms with Crippen molar-refractivity contribution >= 4 is 38.5 Å². The van der Waals surface area contributed by atoms with E-state index in [9.17, 15) is 9.59 Å². The van der Waals surface area contributed by atoms with Crippen molar-refractivity contribution in [2.24, 2.45) is 0 Å². The van der Waals surface area contributed by atoms with E-state index in [-0.39, 0.29) is 0 Å². The van der Waals surface area contributed by atoms with E-state index in [2.05, 4.69) is 26.2 Å². The topological polar surface area (TPSA) is 71.2 Å². The van der Waals surface area contributed by atoms with Crippen LogP contribution in [0.4, 0.5) is 0 Å².